The molecular formula is C15H24O2. The Labute approximate surface area is 104 Å². The summed E-state index contributed by atoms with van der Waals surface area (Å²) >= 11 is 0. The molecule has 0 amide bonds. The van der Waals surface area contributed by atoms with Gasteiger partial charge in [-0.25, -0.2) is 0 Å². The minimum atomic E-state index is -0.414. The summed E-state index contributed by atoms with van der Waals surface area (Å²) in [5.74, 6) is 1.22. The van der Waals surface area contributed by atoms with Gasteiger partial charge in [-0.1, -0.05) is 19.4 Å². The molecule has 2 saturated carbocycles. The first-order valence-electron chi connectivity index (χ1n) is 6.91. The van der Waals surface area contributed by atoms with Crippen molar-refractivity contribution in [2.24, 2.45) is 22.7 Å². The maximum Gasteiger partial charge on any atom is 0.0831 e. The number of rotatable bonds is 1. The average molecular weight is 236 g/mol. The highest BCUT2D eigenvalue weighted by Gasteiger charge is 2.56. The molecule has 17 heavy (non-hydrogen) atoms. The Morgan fingerprint density at radius 2 is 2.00 bits per heavy atom. The van der Waals surface area contributed by atoms with Crippen molar-refractivity contribution in [3.05, 3.63) is 11.1 Å². The Hall–Kier alpha value is -0.340. The second-order valence-corrected chi connectivity index (χ2v) is 7.20. The molecule has 2 N–H and O–H groups in total. The molecule has 2 heteroatoms. The Morgan fingerprint density at radius 1 is 1.29 bits per heavy atom. The van der Waals surface area contributed by atoms with Crippen molar-refractivity contribution in [1.82, 2.24) is 0 Å². The number of aliphatic hydroxyl groups is 2. The molecule has 2 nitrogen and oxygen atoms in total. The molecule has 0 spiro atoms. The van der Waals surface area contributed by atoms with Gasteiger partial charge in [-0.3, -0.25) is 0 Å². The Morgan fingerprint density at radius 3 is 2.53 bits per heavy atom. The molecule has 0 saturated heterocycles. The van der Waals surface area contributed by atoms with Crippen LogP contribution in [0.4, 0.5) is 0 Å². The molecule has 5 atom stereocenters. The van der Waals surface area contributed by atoms with E-state index in [1.165, 1.54) is 30.4 Å². The van der Waals surface area contributed by atoms with Crippen molar-refractivity contribution in [1.29, 1.82) is 0 Å². The molecule has 0 unspecified atom stereocenters. The Bertz CT molecular complexity index is 386. The zero-order valence-corrected chi connectivity index (χ0v) is 11.2. The molecule has 2 fully saturated rings. The molecule has 0 aromatic rings. The fourth-order valence-corrected chi connectivity index (χ4v) is 4.78. The predicted molar refractivity (Wildman–Crippen MR) is 67.5 cm³/mol. The summed E-state index contributed by atoms with van der Waals surface area (Å²) in [6.45, 7) is 6.75. The maximum atomic E-state index is 10.5. The highest BCUT2D eigenvalue weighted by atomic mass is 16.3. The summed E-state index contributed by atoms with van der Waals surface area (Å²) in [7, 11) is 0. The molecule has 0 aliphatic heterocycles. The summed E-state index contributed by atoms with van der Waals surface area (Å²) in [5.41, 5.74) is 2.91. The fraction of sp³-hybridized carbons (Fsp3) is 0.867. The Kier molecular flexibility index (Phi) is 2.32. The second-order valence-electron chi connectivity index (χ2n) is 7.20. The molecule has 3 aliphatic rings. The summed E-state index contributed by atoms with van der Waals surface area (Å²) in [4.78, 5) is 0. The minimum absolute atomic E-state index is 0.100. The van der Waals surface area contributed by atoms with Crippen LogP contribution < -0.4 is 0 Å². The van der Waals surface area contributed by atoms with Crippen molar-refractivity contribution in [2.45, 2.75) is 52.6 Å². The van der Waals surface area contributed by atoms with Gasteiger partial charge in [-0.2, -0.15) is 0 Å². The quantitative estimate of drug-likeness (QED) is 0.687. The number of fused-ring (bicyclic) bond motifs is 2. The predicted octanol–water partition coefficient (Wildman–Crippen LogP) is 2.50. The van der Waals surface area contributed by atoms with Gasteiger partial charge < -0.3 is 10.2 Å². The van der Waals surface area contributed by atoms with Gasteiger partial charge in [0, 0.05) is 5.41 Å². The molecule has 0 aromatic heterocycles. The lowest BCUT2D eigenvalue weighted by Gasteiger charge is -2.53. The number of hydrogen-bond donors (Lipinski definition) is 2. The van der Waals surface area contributed by atoms with Crippen LogP contribution in [-0.4, -0.2) is 22.9 Å². The highest BCUT2D eigenvalue weighted by Crippen LogP contribution is 2.63. The van der Waals surface area contributed by atoms with Crippen LogP contribution >= 0.6 is 0 Å². The zero-order valence-electron chi connectivity index (χ0n) is 11.2. The highest BCUT2D eigenvalue weighted by molar-refractivity contribution is 5.35. The van der Waals surface area contributed by atoms with E-state index in [2.05, 4.69) is 13.8 Å². The summed E-state index contributed by atoms with van der Waals surface area (Å²) in [5, 5.41) is 20.1. The van der Waals surface area contributed by atoms with Gasteiger partial charge in [0.2, 0.25) is 0 Å². The lowest BCUT2D eigenvalue weighted by Crippen LogP contribution is -2.44. The monoisotopic (exact) mass is 236 g/mol. The van der Waals surface area contributed by atoms with E-state index < -0.39 is 6.10 Å². The van der Waals surface area contributed by atoms with Crippen LogP contribution in [-0.2, 0) is 0 Å². The van der Waals surface area contributed by atoms with E-state index >= 15 is 0 Å². The molecule has 0 heterocycles. The normalized spacial score (nSPS) is 53.1. The third kappa shape index (κ3) is 1.34. The van der Waals surface area contributed by atoms with Gasteiger partial charge in [0.25, 0.3) is 0 Å². The summed E-state index contributed by atoms with van der Waals surface area (Å²) in [6, 6.07) is 0. The van der Waals surface area contributed by atoms with E-state index in [9.17, 15) is 10.2 Å². The lowest BCUT2D eigenvalue weighted by atomic mass is 9.51. The number of allylic oxidation sites excluding steroid dienone is 1. The van der Waals surface area contributed by atoms with E-state index in [-0.39, 0.29) is 12.0 Å². The Balaban J connectivity index is 2.02. The van der Waals surface area contributed by atoms with Crippen molar-refractivity contribution in [2.75, 3.05) is 6.61 Å². The molecule has 3 rings (SSSR count). The molecule has 0 aromatic carbocycles. The van der Waals surface area contributed by atoms with E-state index in [1.54, 1.807) is 0 Å². The minimum Gasteiger partial charge on any atom is -0.396 e. The van der Waals surface area contributed by atoms with Crippen LogP contribution in [0.1, 0.15) is 46.5 Å². The van der Waals surface area contributed by atoms with Crippen LogP contribution in [0.3, 0.4) is 0 Å². The third-order valence-electron chi connectivity index (χ3n) is 6.00. The first kappa shape index (κ1) is 11.7. The van der Waals surface area contributed by atoms with Gasteiger partial charge in [0.15, 0.2) is 0 Å². The van der Waals surface area contributed by atoms with E-state index in [4.69, 9.17) is 0 Å². The fourth-order valence-electron chi connectivity index (χ4n) is 4.78. The van der Waals surface area contributed by atoms with Crippen LogP contribution in [0.2, 0.25) is 0 Å². The van der Waals surface area contributed by atoms with Crippen LogP contribution in [0, 0.1) is 22.7 Å². The van der Waals surface area contributed by atoms with Gasteiger partial charge in [-0.05, 0) is 55.4 Å². The molecule has 3 aliphatic carbocycles. The van der Waals surface area contributed by atoms with Gasteiger partial charge >= 0.3 is 0 Å². The molecule has 0 radical (unpaired) electrons. The van der Waals surface area contributed by atoms with E-state index in [1.807, 2.05) is 6.92 Å². The van der Waals surface area contributed by atoms with Crippen molar-refractivity contribution in [3.63, 3.8) is 0 Å². The van der Waals surface area contributed by atoms with Crippen molar-refractivity contribution in [3.8, 4) is 0 Å². The second kappa shape index (κ2) is 3.36. The van der Waals surface area contributed by atoms with E-state index in [0.29, 0.717) is 17.3 Å². The standard InChI is InChI=1S/C15H24O2/c1-9-11-4-5-14(11,2)6-10-7-15(3,8-16)13(17)12(9)10/h10-11,13,16-17H,4-8H2,1-3H3/t10-,11-,13-,14+,15-/m1/s1. The molecule has 0 bridgehead atoms. The average Bonchev–Trinajstić information content (AvgIpc) is 2.49. The number of hydrogen-bond acceptors (Lipinski definition) is 2. The van der Waals surface area contributed by atoms with Gasteiger partial charge in [0.1, 0.15) is 0 Å². The number of aliphatic hydroxyl groups excluding tert-OH is 2. The largest absolute Gasteiger partial charge is 0.396 e. The smallest absolute Gasteiger partial charge is 0.0831 e. The van der Waals surface area contributed by atoms with Crippen LogP contribution in [0.25, 0.3) is 0 Å². The maximum absolute atomic E-state index is 10.5. The van der Waals surface area contributed by atoms with Gasteiger partial charge in [0.05, 0.1) is 12.7 Å². The molecule has 96 valence electrons. The zero-order chi connectivity index (χ0) is 12.4. The lowest BCUT2D eigenvalue weighted by molar-refractivity contribution is 0.0337. The molecular weight excluding hydrogens is 212 g/mol. The first-order valence-corrected chi connectivity index (χ1v) is 6.91. The topological polar surface area (TPSA) is 40.5 Å². The van der Waals surface area contributed by atoms with Gasteiger partial charge in [-0.15, -0.1) is 0 Å². The van der Waals surface area contributed by atoms with Crippen molar-refractivity contribution < 1.29 is 10.2 Å². The van der Waals surface area contributed by atoms with E-state index in [0.717, 1.165) is 6.42 Å². The van der Waals surface area contributed by atoms with Crippen LogP contribution in [0.5, 0.6) is 0 Å². The SMILES string of the molecule is CC1=C2[C@@H](C[C@](C)(CO)[C@@H]2O)C[C@]2(C)CC[C@H]12. The summed E-state index contributed by atoms with van der Waals surface area (Å²) in [6.07, 6.45) is 4.39. The third-order valence-corrected chi connectivity index (χ3v) is 6.00. The van der Waals surface area contributed by atoms with Crippen molar-refractivity contribution >= 4 is 0 Å². The van der Waals surface area contributed by atoms with Crippen LogP contribution in [0.15, 0.2) is 11.1 Å². The first-order chi connectivity index (χ1) is 7.91. The summed E-state index contributed by atoms with van der Waals surface area (Å²) < 4.78 is 0.